The van der Waals surface area contributed by atoms with Gasteiger partial charge in [-0.3, -0.25) is 4.79 Å². The molecule has 0 spiro atoms. The molecule has 0 saturated heterocycles. The second kappa shape index (κ2) is 5.02. The van der Waals surface area contributed by atoms with Crippen molar-refractivity contribution >= 4 is 17.3 Å². The Morgan fingerprint density at radius 2 is 1.89 bits per heavy atom. The normalized spacial score (nSPS) is 10.2. The molecule has 0 aliphatic heterocycles. The van der Waals surface area contributed by atoms with Crippen molar-refractivity contribution in [1.82, 2.24) is 0 Å². The summed E-state index contributed by atoms with van der Waals surface area (Å²) in [5.41, 5.74) is 8.92. The zero-order valence-electron chi connectivity index (χ0n) is 10.9. The first kappa shape index (κ1) is 13.0. The smallest absolute Gasteiger partial charge is 0.259 e. The molecule has 4 N–H and O–H groups in total. The van der Waals surface area contributed by atoms with E-state index in [2.05, 4.69) is 5.32 Å². The van der Waals surface area contributed by atoms with Gasteiger partial charge in [0.1, 0.15) is 5.75 Å². The fraction of sp³-hybridized carbons (Fsp3) is 0.133. The topological polar surface area (TPSA) is 75.4 Å². The highest BCUT2D eigenvalue weighted by atomic mass is 16.3. The van der Waals surface area contributed by atoms with Crippen LogP contribution in [0.5, 0.6) is 5.75 Å². The Kier molecular flexibility index (Phi) is 3.42. The van der Waals surface area contributed by atoms with Crippen LogP contribution in [0.4, 0.5) is 11.4 Å². The second-order valence-electron chi connectivity index (χ2n) is 4.55. The van der Waals surface area contributed by atoms with Gasteiger partial charge in [-0.05, 0) is 43.2 Å². The number of amides is 1. The summed E-state index contributed by atoms with van der Waals surface area (Å²) in [5.74, 6) is -0.478. The Balaban J connectivity index is 2.28. The van der Waals surface area contributed by atoms with E-state index in [1.165, 1.54) is 12.1 Å². The number of hydrogen-bond acceptors (Lipinski definition) is 3. The molecule has 0 atom stereocenters. The first-order valence-corrected chi connectivity index (χ1v) is 5.94. The number of rotatable bonds is 2. The zero-order chi connectivity index (χ0) is 14.0. The lowest BCUT2D eigenvalue weighted by Crippen LogP contribution is -2.13. The number of nitrogens with two attached hydrogens (primary N) is 1. The molecule has 4 heteroatoms. The van der Waals surface area contributed by atoms with Gasteiger partial charge in [0, 0.05) is 17.4 Å². The molecule has 0 aliphatic rings. The van der Waals surface area contributed by atoms with Crippen molar-refractivity contribution in [2.45, 2.75) is 13.8 Å². The first-order valence-electron chi connectivity index (χ1n) is 5.94. The fourth-order valence-corrected chi connectivity index (χ4v) is 1.80. The highest BCUT2D eigenvalue weighted by Crippen LogP contribution is 2.23. The van der Waals surface area contributed by atoms with Gasteiger partial charge >= 0.3 is 0 Å². The molecule has 98 valence electrons. The monoisotopic (exact) mass is 256 g/mol. The van der Waals surface area contributed by atoms with Gasteiger partial charge in [-0.1, -0.05) is 12.1 Å². The minimum absolute atomic E-state index is 0.122. The number of carbonyl (C=O) groups excluding carboxylic acids is 1. The molecule has 0 radical (unpaired) electrons. The Bertz CT molecular complexity index is 636. The van der Waals surface area contributed by atoms with E-state index in [0.717, 1.165) is 16.8 Å². The molecule has 1 amide bonds. The van der Waals surface area contributed by atoms with E-state index in [9.17, 15) is 9.90 Å². The molecular formula is C15H16N2O2. The van der Waals surface area contributed by atoms with Crippen molar-refractivity contribution in [2.24, 2.45) is 0 Å². The number of hydrogen-bond donors (Lipinski definition) is 3. The number of anilines is 2. The van der Waals surface area contributed by atoms with Crippen LogP contribution in [-0.4, -0.2) is 11.0 Å². The number of phenols is 1. The molecule has 0 fully saturated rings. The number of carbonyl (C=O) groups is 1. The molecule has 4 nitrogen and oxygen atoms in total. The van der Waals surface area contributed by atoms with Gasteiger partial charge in [-0.25, -0.2) is 0 Å². The molecule has 2 aromatic carbocycles. The Hall–Kier alpha value is -2.49. The van der Waals surface area contributed by atoms with E-state index < -0.39 is 0 Å². The molecule has 0 aliphatic carbocycles. The van der Waals surface area contributed by atoms with Crippen molar-refractivity contribution in [2.75, 3.05) is 11.1 Å². The predicted octanol–water partition coefficient (Wildman–Crippen LogP) is 2.84. The summed E-state index contributed by atoms with van der Waals surface area (Å²) in [7, 11) is 0. The van der Waals surface area contributed by atoms with Crippen LogP contribution < -0.4 is 11.1 Å². The Morgan fingerprint density at radius 1 is 1.16 bits per heavy atom. The van der Waals surface area contributed by atoms with E-state index in [-0.39, 0.29) is 17.2 Å². The van der Waals surface area contributed by atoms with E-state index in [1.54, 1.807) is 6.07 Å². The van der Waals surface area contributed by atoms with Crippen LogP contribution >= 0.6 is 0 Å². The zero-order valence-corrected chi connectivity index (χ0v) is 10.9. The molecular weight excluding hydrogens is 240 g/mol. The molecule has 0 heterocycles. The number of phenolic OH excluding ortho intramolecular Hbond substituents is 1. The van der Waals surface area contributed by atoms with Crippen molar-refractivity contribution in [1.29, 1.82) is 0 Å². The van der Waals surface area contributed by atoms with Crippen LogP contribution in [0.3, 0.4) is 0 Å². The summed E-state index contributed by atoms with van der Waals surface area (Å²) < 4.78 is 0. The fourth-order valence-electron chi connectivity index (χ4n) is 1.80. The van der Waals surface area contributed by atoms with Gasteiger partial charge in [-0.15, -0.1) is 0 Å². The predicted molar refractivity (Wildman–Crippen MR) is 76.4 cm³/mol. The average molecular weight is 256 g/mol. The number of nitrogen functional groups attached to an aromatic ring is 1. The van der Waals surface area contributed by atoms with Gasteiger partial charge in [0.05, 0.1) is 5.56 Å². The number of nitrogens with one attached hydrogen (secondary N) is 1. The van der Waals surface area contributed by atoms with Crippen molar-refractivity contribution in [3.8, 4) is 5.75 Å². The Morgan fingerprint density at radius 3 is 2.58 bits per heavy atom. The van der Waals surface area contributed by atoms with Crippen LogP contribution in [0.15, 0.2) is 36.4 Å². The second-order valence-corrected chi connectivity index (χ2v) is 4.55. The summed E-state index contributed by atoms with van der Waals surface area (Å²) in [6, 6.07) is 10.3. The molecule has 19 heavy (non-hydrogen) atoms. The van der Waals surface area contributed by atoms with E-state index in [1.807, 2.05) is 32.0 Å². The largest absolute Gasteiger partial charge is 0.507 e. The first-order chi connectivity index (χ1) is 8.97. The number of aromatic hydroxyl groups is 1. The minimum Gasteiger partial charge on any atom is -0.507 e. The lowest BCUT2D eigenvalue weighted by atomic mass is 10.1. The van der Waals surface area contributed by atoms with E-state index in [0.29, 0.717) is 5.69 Å². The molecule has 0 bridgehead atoms. The molecule has 2 rings (SSSR count). The van der Waals surface area contributed by atoms with Crippen LogP contribution in [-0.2, 0) is 0 Å². The molecule has 2 aromatic rings. The summed E-state index contributed by atoms with van der Waals surface area (Å²) >= 11 is 0. The van der Waals surface area contributed by atoms with Crippen LogP contribution in [0.25, 0.3) is 0 Å². The third-order valence-corrected chi connectivity index (χ3v) is 2.91. The van der Waals surface area contributed by atoms with Crippen LogP contribution in [0.1, 0.15) is 21.5 Å². The third kappa shape index (κ3) is 2.85. The van der Waals surface area contributed by atoms with Gasteiger partial charge < -0.3 is 16.2 Å². The molecule has 0 saturated carbocycles. The van der Waals surface area contributed by atoms with Crippen molar-refractivity contribution in [3.05, 3.63) is 53.1 Å². The number of aryl methyl sites for hydroxylation is 2. The summed E-state index contributed by atoms with van der Waals surface area (Å²) in [4.78, 5) is 12.1. The molecule has 0 aromatic heterocycles. The minimum atomic E-state index is -0.355. The highest BCUT2D eigenvalue weighted by molar-refractivity contribution is 6.06. The third-order valence-electron chi connectivity index (χ3n) is 2.91. The van der Waals surface area contributed by atoms with Crippen molar-refractivity contribution < 1.29 is 9.90 Å². The van der Waals surface area contributed by atoms with Gasteiger partial charge in [0.25, 0.3) is 5.91 Å². The summed E-state index contributed by atoms with van der Waals surface area (Å²) in [5, 5.41) is 12.5. The van der Waals surface area contributed by atoms with Gasteiger partial charge in [0.15, 0.2) is 0 Å². The van der Waals surface area contributed by atoms with Crippen LogP contribution in [0.2, 0.25) is 0 Å². The summed E-state index contributed by atoms with van der Waals surface area (Å²) in [6.45, 7) is 3.87. The maximum atomic E-state index is 12.1. The number of benzene rings is 2. The van der Waals surface area contributed by atoms with Gasteiger partial charge in [-0.2, -0.15) is 0 Å². The van der Waals surface area contributed by atoms with E-state index >= 15 is 0 Å². The SMILES string of the molecule is Cc1ccc(C)c(NC(=O)c2ccc(N)cc2O)c1. The maximum absolute atomic E-state index is 12.1. The summed E-state index contributed by atoms with van der Waals surface area (Å²) in [6.07, 6.45) is 0. The van der Waals surface area contributed by atoms with Crippen LogP contribution in [0, 0.1) is 13.8 Å². The lowest BCUT2D eigenvalue weighted by molar-refractivity contribution is 0.102. The standard InChI is InChI=1S/C15H16N2O2/c1-9-3-4-10(2)13(7-9)17-15(19)12-6-5-11(16)8-14(12)18/h3-8,18H,16H2,1-2H3,(H,17,19). The lowest BCUT2D eigenvalue weighted by Gasteiger charge is -2.10. The maximum Gasteiger partial charge on any atom is 0.259 e. The van der Waals surface area contributed by atoms with Gasteiger partial charge in [0.2, 0.25) is 0 Å². The van der Waals surface area contributed by atoms with Crippen molar-refractivity contribution in [3.63, 3.8) is 0 Å². The average Bonchev–Trinajstić information content (AvgIpc) is 2.33. The van der Waals surface area contributed by atoms with E-state index in [4.69, 9.17) is 5.73 Å². The Labute approximate surface area is 111 Å². The quantitative estimate of drug-likeness (QED) is 0.723. The molecule has 0 unspecified atom stereocenters. The highest BCUT2D eigenvalue weighted by Gasteiger charge is 2.12.